The highest BCUT2D eigenvalue weighted by atomic mass is 32.2. The van der Waals surface area contributed by atoms with Gasteiger partial charge in [-0.15, -0.1) is 0 Å². The molecular formula is C3H9NO2S. The summed E-state index contributed by atoms with van der Waals surface area (Å²) in [7, 11) is -2.42. The van der Waals surface area contributed by atoms with Crippen molar-refractivity contribution < 1.29 is 9.32 Å². The second-order valence-corrected chi connectivity index (χ2v) is 3.85. The van der Waals surface area contributed by atoms with Crippen LogP contribution in [0.5, 0.6) is 0 Å². The van der Waals surface area contributed by atoms with E-state index in [1.807, 2.05) is 0 Å². The van der Waals surface area contributed by atoms with Crippen LogP contribution in [0.3, 0.4) is 0 Å². The molecule has 0 aliphatic rings. The van der Waals surface area contributed by atoms with E-state index in [0.717, 1.165) is 0 Å². The number of rotatable bonds is 2. The van der Waals surface area contributed by atoms with Crippen molar-refractivity contribution in [2.75, 3.05) is 18.6 Å². The third kappa shape index (κ3) is 5.91. The first kappa shape index (κ1) is 6.91. The molecule has 0 radical (unpaired) electrons. The Kier molecular flexibility index (Phi) is 2.25. The van der Waals surface area contributed by atoms with Crippen LogP contribution in [0.25, 0.3) is 0 Å². The number of nitrogens with one attached hydrogen (secondary N) is 1. The standard InChI is InChI=1S/C3H9NO2S/c1-7(4,6)3-2-5/h4-5H,2-3H2,1H3. The van der Waals surface area contributed by atoms with Crippen LogP contribution < -0.4 is 0 Å². The zero-order chi connectivity index (χ0) is 5.91. The Morgan fingerprint density at radius 2 is 2.29 bits per heavy atom. The second kappa shape index (κ2) is 2.28. The Morgan fingerprint density at radius 1 is 1.86 bits per heavy atom. The summed E-state index contributed by atoms with van der Waals surface area (Å²) in [5.41, 5.74) is 0. The molecule has 0 aromatic heterocycles. The Labute approximate surface area is 43.3 Å². The van der Waals surface area contributed by atoms with Crippen LogP contribution in [0.15, 0.2) is 0 Å². The summed E-state index contributed by atoms with van der Waals surface area (Å²) in [5, 5.41) is 8.10. The lowest BCUT2D eigenvalue weighted by molar-refractivity contribution is 0.321. The molecule has 0 rings (SSSR count). The predicted molar refractivity (Wildman–Crippen MR) is 28.7 cm³/mol. The lowest BCUT2D eigenvalue weighted by atomic mass is 10.9. The van der Waals surface area contributed by atoms with Crippen molar-refractivity contribution in [2.24, 2.45) is 0 Å². The van der Waals surface area contributed by atoms with E-state index in [2.05, 4.69) is 0 Å². The Bertz CT molecular complexity index is 126. The zero-order valence-corrected chi connectivity index (χ0v) is 4.99. The lowest BCUT2D eigenvalue weighted by Crippen LogP contribution is -2.04. The molecule has 1 unspecified atom stereocenters. The zero-order valence-electron chi connectivity index (χ0n) is 4.18. The van der Waals surface area contributed by atoms with Gasteiger partial charge in [-0.2, -0.15) is 0 Å². The topological polar surface area (TPSA) is 61.2 Å². The molecule has 0 amide bonds. The summed E-state index contributed by atoms with van der Waals surface area (Å²) in [6.07, 6.45) is 1.31. The molecule has 44 valence electrons. The molecule has 4 heteroatoms. The minimum Gasteiger partial charge on any atom is -0.395 e. The molecule has 7 heavy (non-hydrogen) atoms. The highest BCUT2D eigenvalue weighted by molar-refractivity contribution is 7.91. The van der Waals surface area contributed by atoms with E-state index in [4.69, 9.17) is 9.89 Å². The summed E-state index contributed by atoms with van der Waals surface area (Å²) >= 11 is 0. The fraction of sp³-hybridized carbons (Fsp3) is 1.00. The average molecular weight is 123 g/mol. The van der Waals surface area contributed by atoms with Crippen molar-refractivity contribution in [2.45, 2.75) is 0 Å². The Morgan fingerprint density at radius 3 is 2.29 bits per heavy atom. The van der Waals surface area contributed by atoms with Crippen molar-refractivity contribution in [1.82, 2.24) is 0 Å². The molecule has 1 atom stereocenters. The summed E-state index contributed by atoms with van der Waals surface area (Å²) < 4.78 is 17.0. The smallest absolute Gasteiger partial charge is 0.0555 e. The minimum atomic E-state index is -2.42. The number of hydrogen-bond acceptors (Lipinski definition) is 3. The average Bonchev–Trinajstić information content (AvgIpc) is 1.30. The first-order valence-corrected chi connectivity index (χ1v) is 4.02. The molecule has 0 aliphatic carbocycles. The van der Waals surface area contributed by atoms with Crippen LogP contribution in [0.4, 0.5) is 0 Å². The largest absolute Gasteiger partial charge is 0.395 e. The van der Waals surface area contributed by atoms with Gasteiger partial charge in [0.2, 0.25) is 0 Å². The van der Waals surface area contributed by atoms with Crippen molar-refractivity contribution in [3.05, 3.63) is 0 Å². The quantitative estimate of drug-likeness (QED) is 0.527. The summed E-state index contributed by atoms with van der Waals surface area (Å²) in [6, 6.07) is 0. The monoisotopic (exact) mass is 123 g/mol. The highest BCUT2D eigenvalue weighted by Crippen LogP contribution is 1.79. The molecule has 0 spiro atoms. The fourth-order valence-corrected chi connectivity index (χ4v) is 0.523. The molecule has 0 saturated heterocycles. The summed E-state index contributed by atoms with van der Waals surface area (Å²) in [4.78, 5) is 0. The molecule has 0 aromatic rings. The SMILES string of the molecule is CS(=N)(=O)CCO. The molecule has 0 saturated carbocycles. The van der Waals surface area contributed by atoms with Gasteiger partial charge in [0.25, 0.3) is 0 Å². The molecule has 0 aliphatic heterocycles. The van der Waals surface area contributed by atoms with Gasteiger partial charge in [0, 0.05) is 16.0 Å². The van der Waals surface area contributed by atoms with Gasteiger partial charge in [-0.25, -0.2) is 0 Å². The van der Waals surface area contributed by atoms with E-state index in [-0.39, 0.29) is 12.4 Å². The fourth-order valence-electron chi connectivity index (χ4n) is 0.174. The maximum Gasteiger partial charge on any atom is 0.0555 e. The van der Waals surface area contributed by atoms with Gasteiger partial charge in [0.1, 0.15) is 0 Å². The van der Waals surface area contributed by atoms with Gasteiger partial charge < -0.3 is 5.11 Å². The van der Waals surface area contributed by atoms with Crippen LogP contribution in [0.2, 0.25) is 0 Å². The molecule has 0 heterocycles. The van der Waals surface area contributed by atoms with Gasteiger partial charge in [-0.3, -0.25) is 8.99 Å². The highest BCUT2D eigenvalue weighted by Gasteiger charge is 1.91. The third-order valence-electron chi connectivity index (χ3n) is 0.481. The number of aliphatic hydroxyl groups is 1. The maximum absolute atomic E-state index is 10.3. The van der Waals surface area contributed by atoms with Gasteiger partial charge in [-0.1, -0.05) is 0 Å². The van der Waals surface area contributed by atoms with Crippen LogP contribution in [-0.2, 0) is 9.73 Å². The van der Waals surface area contributed by atoms with Crippen molar-refractivity contribution in [1.29, 1.82) is 4.78 Å². The van der Waals surface area contributed by atoms with Crippen molar-refractivity contribution in [3.8, 4) is 0 Å². The van der Waals surface area contributed by atoms with Crippen LogP contribution in [0, 0.1) is 4.78 Å². The number of hydrogen-bond donors (Lipinski definition) is 2. The first-order chi connectivity index (χ1) is 3.06. The van der Waals surface area contributed by atoms with E-state index in [9.17, 15) is 4.21 Å². The van der Waals surface area contributed by atoms with E-state index < -0.39 is 9.73 Å². The van der Waals surface area contributed by atoms with E-state index in [1.54, 1.807) is 0 Å². The van der Waals surface area contributed by atoms with Crippen LogP contribution in [-0.4, -0.2) is 27.9 Å². The van der Waals surface area contributed by atoms with Crippen molar-refractivity contribution in [3.63, 3.8) is 0 Å². The van der Waals surface area contributed by atoms with Gasteiger partial charge in [0.05, 0.1) is 12.4 Å². The molecule has 0 bridgehead atoms. The van der Waals surface area contributed by atoms with Gasteiger partial charge in [-0.05, 0) is 0 Å². The molecule has 0 aromatic carbocycles. The maximum atomic E-state index is 10.3. The van der Waals surface area contributed by atoms with E-state index in [0.29, 0.717) is 0 Å². The van der Waals surface area contributed by atoms with Crippen molar-refractivity contribution >= 4 is 9.73 Å². The second-order valence-electron chi connectivity index (χ2n) is 1.43. The summed E-state index contributed by atoms with van der Waals surface area (Å²) in [5.74, 6) is 0.0903. The predicted octanol–water partition coefficient (Wildman–Crippen LogP) is -0.345. The molecule has 2 N–H and O–H groups in total. The normalized spacial score (nSPS) is 18.6. The first-order valence-electron chi connectivity index (χ1n) is 1.88. The van der Waals surface area contributed by atoms with Crippen LogP contribution in [0.1, 0.15) is 0 Å². The van der Waals surface area contributed by atoms with Crippen LogP contribution >= 0.6 is 0 Å². The molecule has 3 nitrogen and oxygen atoms in total. The Hall–Kier alpha value is -0.0900. The lowest BCUT2D eigenvalue weighted by Gasteiger charge is -1.91. The molecule has 0 fully saturated rings. The van der Waals surface area contributed by atoms with Gasteiger partial charge >= 0.3 is 0 Å². The van der Waals surface area contributed by atoms with E-state index in [1.165, 1.54) is 6.26 Å². The summed E-state index contributed by atoms with van der Waals surface area (Å²) in [6.45, 7) is -0.154. The van der Waals surface area contributed by atoms with E-state index >= 15 is 0 Å². The third-order valence-corrected chi connectivity index (χ3v) is 1.44. The molecular weight excluding hydrogens is 114 g/mol. The minimum absolute atomic E-state index is 0.0903. The van der Waals surface area contributed by atoms with Gasteiger partial charge in [0.15, 0.2) is 0 Å². The number of aliphatic hydroxyl groups excluding tert-OH is 1. The Balaban J connectivity index is 3.60.